The van der Waals surface area contributed by atoms with Gasteiger partial charge in [0.1, 0.15) is 0 Å². The highest BCUT2D eigenvalue weighted by atomic mass is 28.4. The van der Waals surface area contributed by atoms with Crippen molar-refractivity contribution in [2.75, 3.05) is 19.8 Å². The van der Waals surface area contributed by atoms with E-state index in [0.29, 0.717) is 81.6 Å². The molecular formula is C46H77NO10Si. The monoisotopic (exact) mass is 832 g/mol. The molecule has 58 heavy (non-hydrogen) atoms. The van der Waals surface area contributed by atoms with E-state index >= 15 is 0 Å². The number of hydrogen-bond acceptors (Lipinski definition) is 11. The van der Waals surface area contributed by atoms with E-state index in [4.69, 9.17) is 47.1 Å². The minimum Gasteiger partial charge on any atom is -0.413 e. The number of hydrogen-bond donors (Lipinski definition) is 0. The summed E-state index contributed by atoms with van der Waals surface area (Å²) in [5.74, 6) is -3.41. The van der Waals surface area contributed by atoms with Crippen LogP contribution in [-0.4, -0.2) is 93.0 Å². The molecule has 0 amide bonds. The maximum absolute atomic E-state index is 10.9. The summed E-state index contributed by atoms with van der Waals surface area (Å²) in [5.41, 5.74) is 0.661. The van der Waals surface area contributed by atoms with E-state index in [9.17, 15) is 5.26 Å². The summed E-state index contributed by atoms with van der Waals surface area (Å²) in [4.78, 5) is 0. The lowest BCUT2D eigenvalue weighted by Gasteiger charge is -2.50. The minimum atomic E-state index is -2.16. The lowest BCUT2D eigenvalue weighted by molar-refractivity contribution is -0.343. The molecular weight excluding hydrogens is 755 g/mol. The van der Waals surface area contributed by atoms with Crippen LogP contribution in [0.15, 0.2) is 30.3 Å². The van der Waals surface area contributed by atoms with Crippen LogP contribution in [0.5, 0.6) is 0 Å². The van der Waals surface area contributed by atoms with Crippen LogP contribution in [0.4, 0.5) is 0 Å². The van der Waals surface area contributed by atoms with Gasteiger partial charge in [0.05, 0.1) is 62.0 Å². The minimum absolute atomic E-state index is 0.0282. The molecule has 1 aromatic carbocycles. The Labute approximate surface area is 351 Å². The highest BCUT2D eigenvalue weighted by Crippen LogP contribution is 2.47. The van der Waals surface area contributed by atoms with Crippen molar-refractivity contribution in [3.63, 3.8) is 0 Å². The number of nitriles is 1. The van der Waals surface area contributed by atoms with Crippen molar-refractivity contribution in [2.24, 2.45) is 0 Å². The van der Waals surface area contributed by atoms with E-state index in [-0.39, 0.29) is 30.5 Å². The van der Waals surface area contributed by atoms with Crippen LogP contribution in [0, 0.1) is 11.3 Å². The highest BCUT2D eigenvalue weighted by molar-refractivity contribution is 6.77. The molecule has 1 aromatic rings. The molecule has 0 N–H and O–H groups in total. The average molecular weight is 832 g/mol. The van der Waals surface area contributed by atoms with E-state index in [1.54, 1.807) is 0 Å². The molecule has 0 saturated carbocycles. The standard InChI is InChI=1S/C46H77NO10Si/c1-32(2)58(33(3)4,34(5)6)50-29-40-27-45(30-47,57-44(13,14)55-40)24-38-23-39(54-43(11,12)53-38)26-46(31-49-41(7,8)56-46)25-37-22-36(51-42(9,10)52-37)20-21-48-28-35-18-16-15-17-19-35/h15-19,32-34,36-40H,20-29,31H2,1-14H3/t36-,37+,38-,39-,40+,45-,46?/m1/s1. The Balaban J connectivity index is 1.28. The molecule has 0 spiro atoms. The van der Waals surface area contributed by atoms with Gasteiger partial charge in [-0.2, -0.15) is 5.26 Å². The number of ether oxygens (including phenoxy) is 9. The highest BCUT2D eigenvalue weighted by Gasteiger charge is 2.54. The Morgan fingerprint density at radius 3 is 1.71 bits per heavy atom. The summed E-state index contributed by atoms with van der Waals surface area (Å²) in [7, 11) is -2.16. The lowest BCUT2D eigenvalue weighted by Crippen LogP contribution is -2.57. The first kappa shape index (κ1) is 47.6. The van der Waals surface area contributed by atoms with Crippen molar-refractivity contribution in [3.8, 4) is 6.07 Å². The second-order valence-electron chi connectivity index (χ2n) is 20.3. The number of nitrogens with zero attached hydrogens (tertiary/aromatic N) is 1. The van der Waals surface area contributed by atoms with Crippen molar-refractivity contribution < 1.29 is 47.1 Å². The first-order chi connectivity index (χ1) is 26.9. The Morgan fingerprint density at radius 2 is 1.19 bits per heavy atom. The fraction of sp³-hybridized carbons (Fsp3) is 0.848. The van der Waals surface area contributed by atoms with Crippen LogP contribution in [0.2, 0.25) is 16.6 Å². The first-order valence-electron chi connectivity index (χ1n) is 22.0. The largest absolute Gasteiger partial charge is 0.413 e. The van der Waals surface area contributed by atoms with Gasteiger partial charge in [-0.05, 0) is 84.0 Å². The third-order valence-corrected chi connectivity index (χ3v) is 18.4. The number of rotatable bonds is 17. The molecule has 0 aliphatic carbocycles. The van der Waals surface area contributed by atoms with Crippen molar-refractivity contribution in [3.05, 3.63) is 35.9 Å². The van der Waals surface area contributed by atoms with Crippen LogP contribution in [-0.2, 0) is 53.7 Å². The molecule has 4 fully saturated rings. The van der Waals surface area contributed by atoms with Gasteiger partial charge in [0, 0.05) is 45.1 Å². The summed E-state index contributed by atoms with van der Waals surface area (Å²) >= 11 is 0. The van der Waals surface area contributed by atoms with Gasteiger partial charge in [-0.1, -0.05) is 71.9 Å². The molecule has 330 valence electrons. The molecule has 4 aliphatic rings. The van der Waals surface area contributed by atoms with E-state index < -0.39 is 42.7 Å². The van der Waals surface area contributed by atoms with Gasteiger partial charge in [-0.3, -0.25) is 0 Å². The summed E-state index contributed by atoms with van der Waals surface area (Å²) < 4.78 is 65.5. The van der Waals surface area contributed by atoms with Crippen molar-refractivity contribution >= 4 is 8.32 Å². The molecule has 11 nitrogen and oxygen atoms in total. The third-order valence-electron chi connectivity index (χ3n) is 12.3. The zero-order valence-electron chi connectivity index (χ0n) is 38.3. The van der Waals surface area contributed by atoms with Crippen LogP contribution >= 0.6 is 0 Å². The van der Waals surface area contributed by atoms with Gasteiger partial charge in [0.15, 0.2) is 37.1 Å². The summed E-state index contributed by atoms with van der Waals surface area (Å²) in [6, 6.07) is 12.8. The molecule has 12 heteroatoms. The third kappa shape index (κ3) is 12.3. The van der Waals surface area contributed by atoms with E-state index in [0.717, 1.165) is 12.0 Å². The molecule has 0 aromatic heterocycles. The SMILES string of the molecule is CC(C)[Si](OC[C@@H]1C[C@@](C#N)(C[C@H]2C[C@H](CC3(C[C@@H]4C[C@@H](CCOCc5ccccc5)OC(C)(C)O4)COC(C)(C)O3)OC(C)(C)O2)OC(C)(C)O1)(C(C)C)C(C)C. The first-order valence-corrected chi connectivity index (χ1v) is 24.1. The maximum atomic E-state index is 10.9. The van der Waals surface area contributed by atoms with Crippen LogP contribution in [0.3, 0.4) is 0 Å². The van der Waals surface area contributed by atoms with Crippen LogP contribution in [0.1, 0.15) is 147 Å². The summed E-state index contributed by atoms with van der Waals surface area (Å²) in [5, 5.41) is 10.9. The maximum Gasteiger partial charge on any atom is 0.200 e. The Kier molecular flexibility index (Phi) is 15.2. The molecule has 1 unspecified atom stereocenters. The van der Waals surface area contributed by atoms with Crippen molar-refractivity contribution in [1.29, 1.82) is 5.26 Å². The normalized spacial score (nSPS) is 33.4. The van der Waals surface area contributed by atoms with Crippen molar-refractivity contribution in [2.45, 2.75) is 230 Å². The predicted octanol–water partition coefficient (Wildman–Crippen LogP) is 10.1. The van der Waals surface area contributed by atoms with Gasteiger partial charge < -0.3 is 47.1 Å². The van der Waals surface area contributed by atoms with Gasteiger partial charge in [-0.15, -0.1) is 0 Å². The van der Waals surface area contributed by atoms with Gasteiger partial charge in [-0.25, -0.2) is 0 Å². The zero-order valence-corrected chi connectivity index (χ0v) is 39.3. The van der Waals surface area contributed by atoms with Gasteiger partial charge >= 0.3 is 0 Å². The van der Waals surface area contributed by atoms with E-state index in [1.807, 2.05) is 73.6 Å². The van der Waals surface area contributed by atoms with Crippen molar-refractivity contribution in [1.82, 2.24) is 0 Å². The molecule has 7 atom stereocenters. The number of benzene rings is 1. The predicted molar refractivity (Wildman–Crippen MR) is 225 cm³/mol. The second-order valence-corrected chi connectivity index (χ2v) is 25.8. The Bertz CT molecular complexity index is 1490. The van der Waals surface area contributed by atoms with E-state index in [1.165, 1.54) is 0 Å². The molecule has 0 radical (unpaired) electrons. The Morgan fingerprint density at radius 1 is 0.672 bits per heavy atom. The lowest BCUT2D eigenvalue weighted by atomic mass is 9.83. The average Bonchev–Trinajstić information content (AvgIpc) is 3.37. The second kappa shape index (κ2) is 18.5. The van der Waals surface area contributed by atoms with Crippen LogP contribution in [0.25, 0.3) is 0 Å². The fourth-order valence-electron chi connectivity index (χ4n) is 10.8. The smallest absolute Gasteiger partial charge is 0.200 e. The van der Waals surface area contributed by atoms with E-state index in [2.05, 4.69) is 59.7 Å². The molecule has 0 bridgehead atoms. The topological polar surface area (TPSA) is 116 Å². The summed E-state index contributed by atoms with van der Waals surface area (Å²) in [6.45, 7) is 31.3. The quantitative estimate of drug-likeness (QED) is 0.110. The molecule has 5 rings (SSSR count). The van der Waals surface area contributed by atoms with Gasteiger partial charge in [0.2, 0.25) is 0 Å². The summed E-state index contributed by atoms with van der Waals surface area (Å²) in [6.07, 6.45) is 2.98. The fourth-order valence-corrected chi connectivity index (χ4v) is 16.2. The molecule has 4 aliphatic heterocycles. The molecule has 4 saturated heterocycles. The zero-order chi connectivity index (χ0) is 42.8. The van der Waals surface area contributed by atoms with Gasteiger partial charge in [0.25, 0.3) is 0 Å². The van der Waals surface area contributed by atoms with Crippen LogP contribution < -0.4 is 0 Å². The Hall–Kier alpha value is -1.47. The molecule has 4 heterocycles.